The van der Waals surface area contributed by atoms with Crippen molar-refractivity contribution in [1.82, 2.24) is 9.13 Å². The van der Waals surface area contributed by atoms with Crippen LogP contribution in [0.15, 0.2) is 116 Å². The quantitative estimate of drug-likeness (QED) is 0.153. The molecule has 0 fully saturated rings. The summed E-state index contributed by atoms with van der Waals surface area (Å²) < 4.78 is 9.43. The highest BCUT2D eigenvalue weighted by Crippen LogP contribution is 2.53. The Morgan fingerprint density at radius 3 is 1.57 bits per heavy atom. The lowest BCUT2D eigenvalue weighted by atomic mass is 9.98. The van der Waals surface area contributed by atoms with Crippen molar-refractivity contribution in [3.05, 3.63) is 118 Å². The number of hydrogen-bond donors (Lipinski definition) is 0. The summed E-state index contributed by atoms with van der Waals surface area (Å²) in [5.41, 5.74) is 6.37. The lowest BCUT2D eigenvalue weighted by Gasteiger charge is -2.40. The van der Waals surface area contributed by atoms with E-state index in [4.69, 9.17) is 20.0 Å². The van der Waals surface area contributed by atoms with Crippen LogP contribution in [0.2, 0.25) is 0 Å². The van der Waals surface area contributed by atoms with Crippen LogP contribution < -0.4 is 11.0 Å². The Hall–Kier alpha value is -5.50. The Kier molecular flexibility index (Phi) is 7.10. The topological polar surface area (TPSA) is 65.3 Å². The van der Waals surface area contributed by atoms with Gasteiger partial charge >= 0.3 is 5.91 Å². The van der Waals surface area contributed by atoms with Crippen molar-refractivity contribution in [3.8, 4) is 0 Å². The number of nitrogens with zero attached hydrogens (tertiary/aromatic N) is 8. The van der Waals surface area contributed by atoms with Gasteiger partial charge in [0, 0.05) is 21.5 Å². The third-order valence-corrected chi connectivity index (χ3v) is 9.60. The molecule has 1 aliphatic carbocycles. The molecule has 3 aromatic carbocycles. The molecule has 1 atom stereocenters. The molecule has 1 spiro atoms. The minimum atomic E-state index is -0.895. The first-order valence-electron chi connectivity index (χ1n) is 18.1. The predicted molar refractivity (Wildman–Crippen MR) is 200 cm³/mol. The minimum absolute atomic E-state index is 0.895. The Morgan fingerprint density at radius 1 is 0.490 bits per heavy atom. The number of allylic oxidation sites excluding steroid dienone is 2. The molecule has 0 saturated heterocycles. The SMILES string of the molecule is C1=C2C(=CCC1)C1=[N+]3C2=Nc2c4ccccc4c4n2C32n3c(c5ccccc5c3=NC3=[N+]2C(=N4)c2ccccc23)=N1.CC.CC.CC.CC. The van der Waals surface area contributed by atoms with E-state index >= 15 is 0 Å². The lowest BCUT2D eigenvalue weighted by molar-refractivity contribution is -0.790. The van der Waals surface area contributed by atoms with Gasteiger partial charge in [-0.3, -0.25) is 0 Å². The highest BCUT2D eigenvalue weighted by Gasteiger charge is 2.70. The molecule has 7 aliphatic rings. The fraction of sp³-hybridized carbons (Fsp3) is 0.268. The number of aromatic nitrogens is 2. The monoisotopic (exact) mass is 646 g/mol. The zero-order valence-electron chi connectivity index (χ0n) is 29.6. The van der Waals surface area contributed by atoms with Crippen LogP contribution in [-0.2, 0) is 5.91 Å². The van der Waals surface area contributed by atoms with E-state index in [2.05, 4.69) is 103 Å². The van der Waals surface area contributed by atoms with Crippen LogP contribution in [0, 0.1) is 0 Å². The summed E-state index contributed by atoms with van der Waals surface area (Å²) in [6, 6.07) is 25.6. The maximum absolute atomic E-state index is 5.45. The Morgan fingerprint density at radius 2 is 0.959 bits per heavy atom. The summed E-state index contributed by atoms with van der Waals surface area (Å²) in [6.45, 7) is 16.0. The van der Waals surface area contributed by atoms with Gasteiger partial charge in [0.2, 0.25) is 22.6 Å². The second-order valence-corrected chi connectivity index (χ2v) is 11.4. The largest absolute Gasteiger partial charge is 0.404 e. The molecule has 6 aliphatic heterocycles. The van der Waals surface area contributed by atoms with Gasteiger partial charge in [0.05, 0.1) is 22.3 Å². The van der Waals surface area contributed by atoms with Crippen LogP contribution in [0.4, 0.5) is 11.6 Å². The molecule has 5 aromatic rings. The van der Waals surface area contributed by atoms with Gasteiger partial charge in [-0.05, 0) is 49.2 Å². The van der Waals surface area contributed by atoms with Gasteiger partial charge in [-0.1, -0.05) is 124 Å². The average Bonchev–Trinajstić information content (AvgIpc) is 3.91. The van der Waals surface area contributed by atoms with Crippen molar-refractivity contribution in [1.29, 1.82) is 0 Å². The fourth-order valence-corrected chi connectivity index (χ4v) is 8.10. The van der Waals surface area contributed by atoms with Crippen LogP contribution in [0.1, 0.15) is 79.4 Å². The molecule has 244 valence electrons. The standard InChI is InChI=1S/C33H18N8.4C2H6/c1-2-10-18-17(9-1)25-34-27-19-11-3-4-12-20(19)29-36-31-23-15-7-8-16-24(23)32-37-30-22-14-6-5-13-21(22)28-35-26(18)38(25)33(39(27)29,40(28)30)41(31)32;4*1-2/h1-6,9-16H,7-8H2;4*1-2H3/q+2;;;;. The van der Waals surface area contributed by atoms with Crippen LogP contribution >= 0.6 is 0 Å². The molecule has 0 saturated carbocycles. The number of benzene rings is 3. The lowest BCUT2D eigenvalue weighted by Crippen LogP contribution is -2.71. The summed E-state index contributed by atoms with van der Waals surface area (Å²) in [4.78, 5) is 21.8. The molecule has 0 N–H and O–H groups in total. The Balaban J connectivity index is 0.000000410. The molecule has 0 amide bonds. The zero-order valence-corrected chi connectivity index (χ0v) is 29.6. The van der Waals surface area contributed by atoms with Gasteiger partial charge in [0.15, 0.2) is 0 Å². The number of hydrogen-bond acceptors (Lipinski definition) is 4. The molecular formula is C41H42N8+2. The molecule has 8 heterocycles. The third-order valence-electron chi connectivity index (χ3n) is 9.60. The molecule has 0 radical (unpaired) electrons. The van der Waals surface area contributed by atoms with Crippen molar-refractivity contribution in [2.75, 3.05) is 0 Å². The predicted octanol–water partition coefficient (Wildman–Crippen LogP) is 8.06. The molecule has 0 bridgehead atoms. The van der Waals surface area contributed by atoms with E-state index in [-0.39, 0.29) is 0 Å². The first-order chi connectivity index (χ1) is 24.4. The van der Waals surface area contributed by atoms with Gasteiger partial charge in [-0.15, -0.1) is 9.15 Å². The van der Waals surface area contributed by atoms with Crippen LogP contribution in [0.3, 0.4) is 0 Å². The molecular weight excluding hydrogens is 605 g/mol. The van der Waals surface area contributed by atoms with Gasteiger partial charge < -0.3 is 0 Å². The fourth-order valence-electron chi connectivity index (χ4n) is 8.10. The highest BCUT2D eigenvalue weighted by atomic mass is 15.7. The van der Waals surface area contributed by atoms with Crippen LogP contribution in [-0.4, -0.2) is 41.6 Å². The normalized spacial score (nSPS) is 19.6. The summed E-state index contributed by atoms with van der Waals surface area (Å²) >= 11 is 0. The number of aliphatic imine (C=N–C) groups is 2. The van der Waals surface area contributed by atoms with Crippen molar-refractivity contribution in [2.24, 2.45) is 20.0 Å². The van der Waals surface area contributed by atoms with E-state index in [1.165, 1.54) is 11.1 Å². The van der Waals surface area contributed by atoms with Gasteiger partial charge in [0.1, 0.15) is 0 Å². The second-order valence-electron chi connectivity index (χ2n) is 11.4. The van der Waals surface area contributed by atoms with Gasteiger partial charge in [-0.2, -0.15) is 9.13 Å². The van der Waals surface area contributed by atoms with Crippen molar-refractivity contribution in [3.63, 3.8) is 0 Å². The number of rotatable bonds is 0. The van der Waals surface area contributed by atoms with E-state index in [9.17, 15) is 0 Å². The van der Waals surface area contributed by atoms with Crippen LogP contribution in [0.25, 0.3) is 21.5 Å². The molecule has 12 rings (SSSR count). The first-order valence-corrected chi connectivity index (χ1v) is 18.1. The van der Waals surface area contributed by atoms with Crippen molar-refractivity contribution in [2.45, 2.75) is 74.1 Å². The molecule has 2 aromatic heterocycles. The smallest absolute Gasteiger partial charge is 0.192 e. The second kappa shape index (κ2) is 11.3. The zero-order chi connectivity index (χ0) is 34.2. The number of fused-ring (bicyclic) bond motifs is 12. The summed E-state index contributed by atoms with van der Waals surface area (Å²) in [6.07, 6.45) is 6.67. The first kappa shape index (κ1) is 30.8. The summed E-state index contributed by atoms with van der Waals surface area (Å²) in [5, 5.41) is 4.40. The van der Waals surface area contributed by atoms with Gasteiger partial charge in [-0.25, -0.2) is 0 Å². The van der Waals surface area contributed by atoms with Crippen molar-refractivity contribution < 1.29 is 9.15 Å². The van der Waals surface area contributed by atoms with E-state index in [1.54, 1.807) is 0 Å². The van der Waals surface area contributed by atoms with E-state index in [0.717, 1.165) is 91.5 Å². The highest BCUT2D eigenvalue weighted by molar-refractivity contribution is 6.22. The van der Waals surface area contributed by atoms with Crippen molar-refractivity contribution >= 4 is 56.5 Å². The maximum Gasteiger partial charge on any atom is 0.404 e. The minimum Gasteiger partial charge on any atom is -0.192 e. The number of amidine groups is 4. The third kappa shape index (κ3) is 3.43. The molecule has 1 unspecified atom stereocenters. The summed E-state index contributed by atoms with van der Waals surface area (Å²) in [7, 11) is 0. The summed E-state index contributed by atoms with van der Waals surface area (Å²) in [5.74, 6) is 4.66. The molecule has 8 nitrogen and oxygen atoms in total. The maximum atomic E-state index is 5.45. The molecule has 49 heavy (non-hydrogen) atoms. The van der Waals surface area contributed by atoms with E-state index < -0.39 is 5.91 Å². The van der Waals surface area contributed by atoms with E-state index in [0.29, 0.717) is 0 Å². The molecule has 8 heteroatoms. The average molecular weight is 647 g/mol. The Labute approximate surface area is 286 Å². The van der Waals surface area contributed by atoms with Crippen LogP contribution in [0.5, 0.6) is 0 Å². The Bertz CT molecular complexity index is 2580. The van der Waals surface area contributed by atoms with Gasteiger partial charge in [0.25, 0.3) is 23.3 Å². The van der Waals surface area contributed by atoms with E-state index in [1.807, 2.05) is 55.4 Å².